The molecule has 0 radical (unpaired) electrons. The van der Waals surface area contributed by atoms with Crippen molar-refractivity contribution in [3.63, 3.8) is 0 Å². The first-order chi connectivity index (χ1) is 34.7. The van der Waals surface area contributed by atoms with Crippen molar-refractivity contribution in [2.45, 2.75) is 96.9 Å². The van der Waals surface area contributed by atoms with Crippen molar-refractivity contribution in [3.05, 3.63) is 143 Å². The predicted octanol–water partition coefficient (Wildman–Crippen LogP) is 10.7. The molecule has 0 bridgehead atoms. The Hall–Kier alpha value is -5.03. The summed E-state index contributed by atoms with van der Waals surface area (Å²) in [6, 6.07) is 23.5. The van der Waals surface area contributed by atoms with E-state index in [0.29, 0.717) is 37.9 Å². The number of phenolic OH excluding ortho intramolecular Hbond substituents is 5. The van der Waals surface area contributed by atoms with Gasteiger partial charge in [0.25, 0.3) is 0 Å². The quantitative estimate of drug-likeness (QED) is 0.0350. The Bertz CT molecular complexity index is 2310. The molecule has 0 aliphatic rings. The van der Waals surface area contributed by atoms with Crippen LogP contribution in [-0.2, 0) is 0 Å². The first-order valence-electron chi connectivity index (χ1n) is 23.0. The van der Waals surface area contributed by atoms with Crippen LogP contribution >= 0.6 is 61.7 Å². The maximum Gasteiger partial charge on any atom is 0.124 e. The van der Waals surface area contributed by atoms with Crippen molar-refractivity contribution >= 4 is 92.8 Å². The lowest BCUT2D eigenvalue weighted by Gasteiger charge is -2.15. The third-order valence-corrected chi connectivity index (χ3v) is 11.3. The van der Waals surface area contributed by atoms with E-state index in [4.69, 9.17) is 48.7 Å². The zero-order valence-corrected chi connectivity index (χ0v) is 48.9. The average Bonchev–Trinajstić information content (AvgIpc) is 3.36. The molecule has 0 unspecified atom stereocenters. The van der Waals surface area contributed by atoms with Gasteiger partial charge >= 0.3 is 0 Å². The van der Waals surface area contributed by atoms with Crippen LogP contribution in [0.2, 0.25) is 10.0 Å². The highest BCUT2D eigenvalue weighted by molar-refractivity contribution is 14.1. The number of rotatable bonds is 15. The third kappa shape index (κ3) is 28.1. The first-order valence-corrected chi connectivity index (χ1v) is 25.6. The lowest BCUT2D eigenvalue weighted by Crippen LogP contribution is -2.22. The predicted molar refractivity (Wildman–Crippen MR) is 315 cm³/mol. The summed E-state index contributed by atoms with van der Waals surface area (Å²) in [7, 11) is 0. The van der Waals surface area contributed by atoms with Gasteiger partial charge < -0.3 is 51.1 Å². The van der Waals surface area contributed by atoms with Crippen molar-refractivity contribution < 1.29 is 55.5 Å². The number of benzene rings is 5. The number of hydrogen-bond acceptors (Lipinski definition) is 15. The molecule has 0 fully saturated rings. The second kappa shape index (κ2) is 31.9. The van der Waals surface area contributed by atoms with Crippen LogP contribution in [0.15, 0.2) is 120 Å². The highest BCUT2D eigenvalue weighted by Gasteiger charge is 2.17. The Morgan fingerprint density at radius 1 is 0.413 bits per heavy atom. The van der Waals surface area contributed by atoms with Crippen LogP contribution in [0.3, 0.4) is 0 Å². The molecule has 5 rings (SSSR count). The van der Waals surface area contributed by atoms with Gasteiger partial charge in [0.1, 0.15) is 34.6 Å². The van der Waals surface area contributed by atoms with Gasteiger partial charge in [-0.2, -0.15) is 0 Å². The third-order valence-electron chi connectivity index (χ3n) is 9.65. The number of aliphatic hydroxyl groups is 5. The SMILES string of the molecule is CC(C)(CO)N=Cc1cc(Br)ccc1O.CC(C)(CO)N=Cc1cc(Cl)ccc1O.CC(C)(CO)N=Cc1cc(Cl)ccc1O.CC(C)(CO)N=Cc1cc(F)ccc1O.CC(C)(CO)N=Cc1cc(I)ccc1O. The van der Waals surface area contributed by atoms with Crippen molar-refractivity contribution in [1.82, 2.24) is 0 Å². The molecule has 0 saturated carbocycles. The van der Waals surface area contributed by atoms with Gasteiger partial charge in [-0.1, -0.05) is 39.1 Å². The Labute approximate surface area is 471 Å². The van der Waals surface area contributed by atoms with E-state index < -0.39 is 33.5 Å². The molecule has 0 atom stereocenters. The number of halogens is 5. The number of phenols is 5. The van der Waals surface area contributed by atoms with Crippen molar-refractivity contribution in [2.24, 2.45) is 25.0 Å². The molecule has 0 heterocycles. The van der Waals surface area contributed by atoms with Gasteiger partial charge in [0.2, 0.25) is 0 Å². The fourth-order valence-electron chi connectivity index (χ4n) is 4.57. The smallest absolute Gasteiger partial charge is 0.124 e. The molecule has 0 aromatic heterocycles. The van der Waals surface area contributed by atoms with Crippen LogP contribution in [0.5, 0.6) is 28.7 Å². The van der Waals surface area contributed by atoms with Crippen LogP contribution in [0, 0.1) is 9.39 Å². The van der Waals surface area contributed by atoms with E-state index in [0.717, 1.165) is 8.04 Å². The van der Waals surface area contributed by atoms with Gasteiger partial charge in [-0.3, -0.25) is 25.0 Å². The largest absolute Gasteiger partial charge is 0.507 e. The normalized spacial score (nSPS) is 12.3. The van der Waals surface area contributed by atoms with E-state index in [9.17, 15) is 29.9 Å². The van der Waals surface area contributed by atoms with E-state index in [1.54, 1.807) is 103 Å². The molecule has 0 aliphatic heterocycles. The summed E-state index contributed by atoms with van der Waals surface area (Å²) >= 11 is 17.0. The highest BCUT2D eigenvalue weighted by Crippen LogP contribution is 2.24. The zero-order chi connectivity index (χ0) is 57.4. The summed E-state index contributed by atoms with van der Waals surface area (Å²) in [6.07, 6.45) is 7.54. The standard InChI is InChI=1S/C11H14BrNO2.2C11H14ClNO2.C11H14FNO2.C11H14INO2/c5*1-11(2,7-14)13-6-8-5-9(12)3-4-10(8)15/h5*3-6,14-15H,7H2,1-2H3. The number of aliphatic hydroxyl groups excluding tert-OH is 5. The lowest BCUT2D eigenvalue weighted by molar-refractivity contribution is 0.223. The molecule has 5 aromatic rings. The van der Waals surface area contributed by atoms with E-state index in [-0.39, 0.29) is 61.8 Å². The monoisotopic (exact) mass is 1260 g/mol. The molecule has 0 spiro atoms. The van der Waals surface area contributed by atoms with Gasteiger partial charge in [0.05, 0.1) is 60.7 Å². The lowest BCUT2D eigenvalue weighted by atomic mass is 10.1. The maximum atomic E-state index is 12.8. The second-order valence-electron chi connectivity index (χ2n) is 19.7. The number of nitrogens with zero attached hydrogens (tertiary/aromatic N) is 5. The van der Waals surface area contributed by atoms with Crippen LogP contribution in [-0.4, -0.2) is 143 Å². The van der Waals surface area contributed by atoms with Crippen LogP contribution in [0.4, 0.5) is 4.39 Å². The van der Waals surface area contributed by atoms with E-state index in [1.807, 2.05) is 39.8 Å². The van der Waals surface area contributed by atoms with Gasteiger partial charge in [-0.15, -0.1) is 0 Å². The molecular weight excluding hydrogens is 1190 g/mol. The topological polar surface area (TPSA) is 264 Å². The molecule has 0 aliphatic carbocycles. The van der Waals surface area contributed by atoms with E-state index in [2.05, 4.69) is 63.5 Å². The van der Waals surface area contributed by atoms with Crippen LogP contribution in [0.1, 0.15) is 97.1 Å². The fraction of sp³-hybridized carbons (Fsp3) is 0.364. The molecular formula is C55H70BrCl2FIN5O10. The summed E-state index contributed by atoms with van der Waals surface area (Å²) in [4.78, 5) is 20.8. The molecule has 10 N–H and O–H groups in total. The van der Waals surface area contributed by atoms with E-state index >= 15 is 0 Å². The first kappa shape index (κ1) is 68.0. The van der Waals surface area contributed by atoms with Crippen LogP contribution in [0.25, 0.3) is 0 Å². The Morgan fingerprint density at radius 3 is 0.987 bits per heavy atom. The summed E-state index contributed by atoms with van der Waals surface area (Å²) in [5.41, 5.74) is -0.0519. The summed E-state index contributed by atoms with van der Waals surface area (Å²) < 4.78 is 14.7. The molecule has 410 valence electrons. The van der Waals surface area contributed by atoms with Crippen LogP contribution < -0.4 is 0 Å². The summed E-state index contributed by atoms with van der Waals surface area (Å²) in [5.74, 6) is 0.155. The second-order valence-corrected chi connectivity index (χ2v) is 22.7. The molecule has 15 nitrogen and oxygen atoms in total. The van der Waals surface area contributed by atoms with Gasteiger partial charge in [0.15, 0.2) is 0 Å². The van der Waals surface area contributed by atoms with Crippen molar-refractivity contribution in [2.75, 3.05) is 33.0 Å². The molecule has 75 heavy (non-hydrogen) atoms. The molecule has 0 saturated heterocycles. The van der Waals surface area contributed by atoms with Gasteiger partial charge in [-0.05, 0) is 183 Å². The van der Waals surface area contributed by atoms with Crippen molar-refractivity contribution in [1.29, 1.82) is 0 Å². The minimum Gasteiger partial charge on any atom is -0.507 e. The van der Waals surface area contributed by atoms with Crippen molar-refractivity contribution in [3.8, 4) is 28.7 Å². The zero-order valence-electron chi connectivity index (χ0n) is 43.7. The van der Waals surface area contributed by atoms with E-state index in [1.165, 1.54) is 49.0 Å². The van der Waals surface area contributed by atoms with Gasteiger partial charge in [0, 0.05) is 77.0 Å². The number of hydrogen-bond donors (Lipinski definition) is 10. The molecule has 20 heteroatoms. The Kier molecular flexibility index (Phi) is 28.9. The van der Waals surface area contributed by atoms with Gasteiger partial charge in [-0.25, -0.2) is 4.39 Å². The maximum absolute atomic E-state index is 12.8. The average molecular weight is 1260 g/mol. The minimum absolute atomic E-state index is 0.0197. The number of aromatic hydroxyl groups is 5. The molecule has 0 amide bonds. The molecule has 5 aromatic carbocycles. The minimum atomic E-state index is -0.626. The number of aliphatic imine (C=N–C) groups is 5. The Morgan fingerprint density at radius 2 is 0.667 bits per heavy atom. The fourth-order valence-corrected chi connectivity index (χ4v) is 5.82. The highest BCUT2D eigenvalue weighted by atomic mass is 127. The summed E-state index contributed by atoms with van der Waals surface area (Å²) in [5, 5.41) is 93.5. The Balaban J connectivity index is 0.000000469. The summed E-state index contributed by atoms with van der Waals surface area (Å²) in [6.45, 7) is 17.7.